The van der Waals surface area contributed by atoms with Crippen molar-refractivity contribution < 1.29 is 4.79 Å². The molecular weight excluding hydrogens is 298 g/mol. The predicted molar refractivity (Wildman–Crippen MR) is 102 cm³/mol. The van der Waals surface area contributed by atoms with Crippen molar-refractivity contribution in [3.63, 3.8) is 0 Å². The standard InChI is InChI=1S/C20H27N3O/c1-15-6-7-17(14-16(15)2)20(24)22-19-10-8-18(9-11-19)21-12-5-13-23(3)4/h6-11,14,21H,5,12-13H2,1-4H3,(H,22,24). The zero-order chi connectivity index (χ0) is 17.5. The van der Waals surface area contributed by atoms with Gasteiger partial charge in [-0.15, -0.1) is 0 Å². The fourth-order valence-electron chi connectivity index (χ4n) is 2.39. The molecule has 2 aromatic carbocycles. The van der Waals surface area contributed by atoms with Crippen molar-refractivity contribution in [2.45, 2.75) is 20.3 Å². The molecule has 2 N–H and O–H groups in total. The number of carbonyl (C=O) groups excluding carboxylic acids is 1. The number of benzene rings is 2. The summed E-state index contributed by atoms with van der Waals surface area (Å²) in [6, 6.07) is 13.6. The average Bonchev–Trinajstić information content (AvgIpc) is 2.55. The molecule has 0 radical (unpaired) electrons. The summed E-state index contributed by atoms with van der Waals surface area (Å²) in [6.45, 7) is 6.06. The molecule has 0 unspecified atom stereocenters. The number of carbonyl (C=O) groups is 1. The predicted octanol–water partition coefficient (Wildman–Crippen LogP) is 3.92. The zero-order valence-corrected chi connectivity index (χ0v) is 15.0. The third kappa shape index (κ3) is 5.39. The lowest BCUT2D eigenvalue weighted by Gasteiger charge is -2.11. The van der Waals surface area contributed by atoms with Gasteiger partial charge < -0.3 is 15.5 Å². The van der Waals surface area contributed by atoms with Crippen LogP contribution in [0, 0.1) is 13.8 Å². The normalized spacial score (nSPS) is 10.7. The van der Waals surface area contributed by atoms with Crippen LogP contribution in [-0.4, -0.2) is 38.0 Å². The molecule has 1 amide bonds. The molecule has 2 aromatic rings. The van der Waals surface area contributed by atoms with Gasteiger partial charge in [-0.1, -0.05) is 6.07 Å². The Hall–Kier alpha value is -2.33. The maximum atomic E-state index is 12.3. The van der Waals surface area contributed by atoms with Gasteiger partial charge in [-0.25, -0.2) is 0 Å². The Morgan fingerprint density at radius 2 is 1.62 bits per heavy atom. The van der Waals surface area contributed by atoms with Gasteiger partial charge in [-0.3, -0.25) is 4.79 Å². The lowest BCUT2D eigenvalue weighted by atomic mass is 10.1. The summed E-state index contributed by atoms with van der Waals surface area (Å²) >= 11 is 0. The van der Waals surface area contributed by atoms with Crippen molar-refractivity contribution in [2.75, 3.05) is 37.8 Å². The Balaban J connectivity index is 1.88. The molecule has 128 valence electrons. The lowest BCUT2D eigenvalue weighted by molar-refractivity contribution is 0.102. The van der Waals surface area contributed by atoms with Crippen molar-refractivity contribution in [1.29, 1.82) is 0 Å². The van der Waals surface area contributed by atoms with E-state index in [1.54, 1.807) is 0 Å². The van der Waals surface area contributed by atoms with E-state index in [0.717, 1.165) is 36.4 Å². The van der Waals surface area contributed by atoms with Crippen molar-refractivity contribution in [1.82, 2.24) is 4.90 Å². The summed E-state index contributed by atoms with van der Waals surface area (Å²) in [5.74, 6) is -0.0789. The maximum absolute atomic E-state index is 12.3. The molecule has 0 bridgehead atoms. The molecule has 2 rings (SSSR count). The molecule has 0 aliphatic carbocycles. The molecule has 4 heteroatoms. The quantitative estimate of drug-likeness (QED) is 0.758. The van der Waals surface area contributed by atoms with Crippen LogP contribution >= 0.6 is 0 Å². The first-order chi connectivity index (χ1) is 11.5. The highest BCUT2D eigenvalue weighted by Crippen LogP contribution is 2.16. The Bertz CT molecular complexity index is 678. The van der Waals surface area contributed by atoms with E-state index in [0.29, 0.717) is 5.56 Å². The van der Waals surface area contributed by atoms with Gasteiger partial charge in [-0.05, 0) is 88.4 Å². The number of nitrogens with one attached hydrogen (secondary N) is 2. The molecular formula is C20H27N3O. The van der Waals surface area contributed by atoms with Crippen LogP contribution in [0.1, 0.15) is 27.9 Å². The molecule has 24 heavy (non-hydrogen) atoms. The Morgan fingerprint density at radius 3 is 2.25 bits per heavy atom. The number of hydrogen-bond donors (Lipinski definition) is 2. The third-order valence-corrected chi connectivity index (χ3v) is 4.02. The first-order valence-electron chi connectivity index (χ1n) is 8.33. The monoisotopic (exact) mass is 325 g/mol. The minimum atomic E-state index is -0.0789. The highest BCUT2D eigenvalue weighted by Gasteiger charge is 2.07. The van der Waals surface area contributed by atoms with Crippen LogP contribution in [0.15, 0.2) is 42.5 Å². The molecule has 0 saturated carbocycles. The summed E-state index contributed by atoms with van der Waals surface area (Å²) in [7, 11) is 4.15. The zero-order valence-electron chi connectivity index (χ0n) is 15.0. The molecule has 0 heterocycles. The van der Waals surface area contributed by atoms with Crippen LogP contribution in [0.2, 0.25) is 0 Å². The van der Waals surface area contributed by atoms with Gasteiger partial charge in [0.25, 0.3) is 5.91 Å². The van der Waals surface area contributed by atoms with Crippen molar-refractivity contribution in [3.8, 4) is 0 Å². The molecule has 0 aliphatic heterocycles. The van der Waals surface area contributed by atoms with Crippen molar-refractivity contribution in [3.05, 3.63) is 59.2 Å². The van der Waals surface area contributed by atoms with Crippen molar-refractivity contribution in [2.24, 2.45) is 0 Å². The second kappa shape index (κ2) is 8.50. The van der Waals surface area contributed by atoms with E-state index < -0.39 is 0 Å². The van der Waals surface area contributed by atoms with E-state index in [9.17, 15) is 4.79 Å². The number of aryl methyl sites for hydroxylation is 2. The van der Waals surface area contributed by atoms with Crippen molar-refractivity contribution >= 4 is 17.3 Å². The fourth-order valence-corrected chi connectivity index (χ4v) is 2.39. The first kappa shape index (κ1) is 18.0. The molecule has 0 atom stereocenters. The van der Waals surface area contributed by atoms with Crippen LogP contribution in [0.3, 0.4) is 0 Å². The number of hydrogen-bond acceptors (Lipinski definition) is 3. The highest BCUT2D eigenvalue weighted by molar-refractivity contribution is 6.04. The van der Waals surface area contributed by atoms with Gasteiger partial charge in [0.05, 0.1) is 0 Å². The topological polar surface area (TPSA) is 44.4 Å². The number of anilines is 2. The van der Waals surface area contributed by atoms with E-state index in [4.69, 9.17) is 0 Å². The van der Waals surface area contributed by atoms with E-state index >= 15 is 0 Å². The lowest BCUT2D eigenvalue weighted by Crippen LogP contribution is -2.16. The smallest absolute Gasteiger partial charge is 0.255 e. The summed E-state index contributed by atoms with van der Waals surface area (Å²) in [4.78, 5) is 14.5. The minimum absolute atomic E-state index is 0.0789. The van der Waals surface area contributed by atoms with Crippen LogP contribution in [0.5, 0.6) is 0 Å². The van der Waals surface area contributed by atoms with E-state index in [-0.39, 0.29) is 5.91 Å². The Morgan fingerprint density at radius 1 is 0.958 bits per heavy atom. The number of amides is 1. The second-order valence-corrected chi connectivity index (χ2v) is 6.41. The molecule has 4 nitrogen and oxygen atoms in total. The average molecular weight is 325 g/mol. The van der Waals surface area contributed by atoms with Crippen LogP contribution < -0.4 is 10.6 Å². The van der Waals surface area contributed by atoms with E-state index in [1.165, 1.54) is 5.56 Å². The minimum Gasteiger partial charge on any atom is -0.385 e. The van der Waals surface area contributed by atoms with Gasteiger partial charge in [0.15, 0.2) is 0 Å². The third-order valence-electron chi connectivity index (χ3n) is 4.02. The van der Waals surface area contributed by atoms with Gasteiger partial charge in [0.2, 0.25) is 0 Å². The van der Waals surface area contributed by atoms with Gasteiger partial charge >= 0.3 is 0 Å². The van der Waals surface area contributed by atoms with Crippen LogP contribution in [0.4, 0.5) is 11.4 Å². The molecule has 0 fully saturated rings. The maximum Gasteiger partial charge on any atom is 0.255 e. The Kier molecular flexibility index (Phi) is 6.38. The van der Waals surface area contributed by atoms with Crippen LogP contribution in [-0.2, 0) is 0 Å². The van der Waals surface area contributed by atoms with E-state index in [1.807, 2.05) is 56.3 Å². The summed E-state index contributed by atoms with van der Waals surface area (Å²) < 4.78 is 0. The van der Waals surface area contributed by atoms with E-state index in [2.05, 4.69) is 29.6 Å². The van der Waals surface area contributed by atoms with Crippen LogP contribution in [0.25, 0.3) is 0 Å². The summed E-state index contributed by atoms with van der Waals surface area (Å²) in [6.07, 6.45) is 1.10. The summed E-state index contributed by atoms with van der Waals surface area (Å²) in [5.41, 5.74) is 4.87. The SMILES string of the molecule is Cc1ccc(C(=O)Nc2ccc(NCCCN(C)C)cc2)cc1C. The molecule has 0 aromatic heterocycles. The van der Waals surface area contributed by atoms with Gasteiger partial charge in [0.1, 0.15) is 0 Å². The largest absolute Gasteiger partial charge is 0.385 e. The molecule has 0 saturated heterocycles. The molecule has 0 aliphatic rings. The van der Waals surface area contributed by atoms with Gasteiger partial charge in [-0.2, -0.15) is 0 Å². The van der Waals surface area contributed by atoms with Gasteiger partial charge in [0, 0.05) is 23.5 Å². The fraction of sp³-hybridized carbons (Fsp3) is 0.350. The molecule has 0 spiro atoms. The highest BCUT2D eigenvalue weighted by atomic mass is 16.1. The first-order valence-corrected chi connectivity index (χ1v) is 8.33. The second-order valence-electron chi connectivity index (χ2n) is 6.41. The number of rotatable bonds is 7. The summed E-state index contributed by atoms with van der Waals surface area (Å²) in [5, 5.41) is 6.33. The Labute approximate surface area is 144 Å². The number of nitrogens with zero attached hydrogens (tertiary/aromatic N) is 1.